The minimum atomic E-state index is -0.295. The number of carbonyl (C=O) groups excluding carboxylic acids is 1. The Balaban J connectivity index is 1.71. The molecule has 0 aliphatic carbocycles. The number of amides is 1. The molecule has 7 heteroatoms. The fourth-order valence-electron chi connectivity index (χ4n) is 3.86. The van der Waals surface area contributed by atoms with Gasteiger partial charge in [-0.3, -0.25) is 9.69 Å². The molecule has 6 nitrogen and oxygen atoms in total. The zero-order valence-corrected chi connectivity index (χ0v) is 17.5. The molecule has 1 N–H and O–H groups in total. The lowest BCUT2D eigenvalue weighted by Crippen LogP contribution is -2.49. The van der Waals surface area contributed by atoms with Crippen molar-refractivity contribution in [2.24, 2.45) is 5.92 Å². The molecule has 1 aromatic heterocycles. The van der Waals surface area contributed by atoms with Crippen LogP contribution in [0.25, 0.3) is 5.69 Å². The molecular formula is C22H31FN4O2. The van der Waals surface area contributed by atoms with Gasteiger partial charge in [0.1, 0.15) is 5.82 Å². The molecular weight excluding hydrogens is 371 g/mol. The Bertz CT molecular complexity index is 798. The van der Waals surface area contributed by atoms with E-state index < -0.39 is 0 Å². The lowest BCUT2D eigenvalue weighted by atomic mass is 10.0. The van der Waals surface area contributed by atoms with Crippen LogP contribution in [-0.2, 0) is 11.2 Å². The molecule has 0 spiro atoms. The summed E-state index contributed by atoms with van der Waals surface area (Å²) in [6.07, 6.45) is 3.28. The van der Waals surface area contributed by atoms with Crippen molar-refractivity contribution < 1.29 is 13.9 Å². The maximum Gasteiger partial charge on any atom is 0.254 e. The SMILES string of the molecule is CCc1c(C(=O)NCC(CC(C)C)N2CCOCC2)cnn1-c1ccc(F)cc1. The van der Waals surface area contributed by atoms with Gasteiger partial charge in [-0.15, -0.1) is 0 Å². The molecule has 1 amide bonds. The predicted molar refractivity (Wildman–Crippen MR) is 111 cm³/mol. The summed E-state index contributed by atoms with van der Waals surface area (Å²) < 4.78 is 20.4. The maximum atomic E-state index is 13.2. The number of benzene rings is 1. The number of rotatable bonds is 8. The largest absolute Gasteiger partial charge is 0.379 e. The van der Waals surface area contributed by atoms with E-state index in [1.807, 2.05) is 6.92 Å². The summed E-state index contributed by atoms with van der Waals surface area (Å²) in [4.78, 5) is 15.3. The first-order chi connectivity index (χ1) is 14.0. The lowest BCUT2D eigenvalue weighted by Gasteiger charge is -2.35. The van der Waals surface area contributed by atoms with E-state index in [1.165, 1.54) is 12.1 Å². The van der Waals surface area contributed by atoms with Crippen molar-refractivity contribution in [3.05, 3.63) is 47.5 Å². The van der Waals surface area contributed by atoms with Crippen LogP contribution in [0.4, 0.5) is 4.39 Å². The monoisotopic (exact) mass is 402 g/mol. The molecule has 1 saturated heterocycles. The molecule has 0 saturated carbocycles. The fraction of sp³-hybridized carbons (Fsp3) is 0.545. The van der Waals surface area contributed by atoms with Crippen LogP contribution in [0.5, 0.6) is 0 Å². The third-order valence-electron chi connectivity index (χ3n) is 5.32. The van der Waals surface area contributed by atoms with Crippen LogP contribution in [-0.4, -0.2) is 59.5 Å². The molecule has 1 aliphatic rings. The molecule has 29 heavy (non-hydrogen) atoms. The lowest BCUT2D eigenvalue weighted by molar-refractivity contribution is 0.0124. The van der Waals surface area contributed by atoms with E-state index in [2.05, 4.69) is 29.2 Å². The summed E-state index contributed by atoms with van der Waals surface area (Å²) in [7, 11) is 0. The number of nitrogens with zero attached hydrogens (tertiary/aromatic N) is 3. The highest BCUT2D eigenvalue weighted by Crippen LogP contribution is 2.17. The Morgan fingerprint density at radius 2 is 1.93 bits per heavy atom. The first-order valence-electron chi connectivity index (χ1n) is 10.4. The minimum Gasteiger partial charge on any atom is -0.379 e. The smallest absolute Gasteiger partial charge is 0.254 e. The number of halogens is 1. The number of morpholine rings is 1. The zero-order chi connectivity index (χ0) is 20.8. The molecule has 3 rings (SSSR count). The van der Waals surface area contributed by atoms with Crippen LogP contribution < -0.4 is 5.32 Å². The topological polar surface area (TPSA) is 59.4 Å². The van der Waals surface area contributed by atoms with Crippen LogP contribution in [0, 0.1) is 11.7 Å². The van der Waals surface area contributed by atoms with E-state index in [4.69, 9.17) is 4.74 Å². The third kappa shape index (κ3) is 5.42. The van der Waals surface area contributed by atoms with Gasteiger partial charge in [0.05, 0.1) is 36.4 Å². The van der Waals surface area contributed by atoms with Gasteiger partial charge in [0.15, 0.2) is 0 Å². The van der Waals surface area contributed by atoms with E-state index in [-0.39, 0.29) is 11.7 Å². The number of hydrogen-bond acceptors (Lipinski definition) is 4. The van der Waals surface area contributed by atoms with Crippen molar-refractivity contribution in [2.75, 3.05) is 32.8 Å². The van der Waals surface area contributed by atoms with Gasteiger partial charge in [-0.1, -0.05) is 20.8 Å². The van der Waals surface area contributed by atoms with Crippen LogP contribution in [0.15, 0.2) is 30.5 Å². The molecule has 158 valence electrons. The first-order valence-corrected chi connectivity index (χ1v) is 10.4. The average molecular weight is 403 g/mol. The summed E-state index contributed by atoms with van der Waals surface area (Å²) in [6, 6.07) is 6.42. The molecule has 2 heterocycles. The van der Waals surface area contributed by atoms with Gasteiger partial charge in [0, 0.05) is 25.7 Å². The Morgan fingerprint density at radius 3 is 2.55 bits per heavy atom. The predicted octanol–water partition coefficient (Wildman–Crippen LogP) is 3.05. The Hall–Kier alpha value is -2.25. The zero-order valence-electron chi connectivity index (χ0n) is 17.5. The van der Waals surface area contributed by atoms with Crippen molar-refractivity contribution in [1.82, 2.24) is 20.0 Å². The third-order valence-corrected chi connectivity index (χ3v) is 5.32. The standard InChI is InChI=1S/C22H31FN4O2/c1-4-21-20(15-25-27(21)18-7-5-17(23)6-8-18)22(28)24-14-19(13-16(2)3)26-9-11-29-12-10-26/h5-8,15-16,19H,4,9-14H2,1-3H3,(H,24,28). The highest BCUT2D eigenvalue weighted by molar-refractivity contribution is 5.95. The van der Waals surface area contributed by atoms with Gasteiger partial charge in [0.2, 0.25) is 0 Å². The second-order valence-corrected chi connectivity index (χ2v) is 7.89. The van der Waals surface area contributed by atoms with Crippen molar-refractivity contribution >= 4 is 5.91 Å². The molecule has 0 radical (unpaired) electrons. The Kier molecular flexibility index (Phi) is 7.39. The van der Waals surface area contributed by atoms with Gasteiger partial charge in [0.25, 0.3) is 5.91 Å². The van der Waals surface area contributed by atoms with Crippen LogP contribution in [0.2, 0.25) is 0 Å². The summed E-state index contributed by atoms with van der Waals surface area (Å²) in [5, 5.41) is 7.50. The molecule has 0 bridgehead atoms. The fourth-order valence-corrected chi connectivity index (χ4v) is 3.86. The quantitative estimate of drug-likeness (QED) is 0.737. The summed E-state index contributed by atoms with van der Waals surface area (Å²) in [6.45, 7) is 10.3. The van der Waals surface area contributed by atoms with Gasteiger partial charge < -0.3 is 10.1 Å². The average Bonchev–Trinajstić information content (AvgIpc) is 3.16. The number of aromatic nitrogens is 2. The van der Waals surface area contributed by atoms with E-state index in [0.717, 1.165) is 44.1 Å². The van der Waals surface area contributed by atoms with Crippen LogP contribution in [0.1, 0.15) is 43.2 Å². The molecule has 2 aromatic rings. The molecule has 1 fully saturated rings. The first kappa shape index (κ1) is 21.5. The van der Waals surface area contributed by atoms with Crippen molar-refractivity contribution in [3.8, 4) is 5.69 Å². The molecule has 1 atom stereocenters. The molecule has 1 unspecified atom stereocenters. The summed E-state index contributed by atoms with van der Waals surface area (Å²) in [5.74, 6) is 0.139. The summed E-state index contributed by atoms with van der Waals surface area (Å²) >= 11 is 0. The van der Waals surface area contributed by atoms with Gasteiger partial charge in [-0.05, 0) is 43.0 Å². The van der Waals surface area contributed by atoms with Gasteiger partial charge >= 0.3 is 0 Å². The normalized spacial score (nSPS) is 16.2. The van der Waals surface area contributed by atoms with E-state index in [0.29, 0.717) is 30.5 Å². The number of hydrogen-bond donors (Lipinski definition) is 1. The number of carbonyl (C=O) groups is 1. The molecule has 1 aliphatic heterocycles. The maximum absolute atomic E-state index is 13.2. The second-order valence-electron chi connectivity index (χ2n) is 7.89. The summed E-state index contributed by atoms with van der Waals surface area (Å²) in [5.41, 5.74) is 2.14. The second kappa shape index (κ2) is 9.98. The Labute approximate surface area is 172 Å². The highest BCUT2D eigenvalue weighted by atomic mass is 19.1. The van der Waals surface area contributed by atoms with Crippen molar-refractivity contribution in [1.29, 1.82) is 0 Å². The Morgan fingerprint density at radius 1 is 1.24 bits per heavy atom. The molecule has 1 aromatic carbocycles. The highest BCUT2D eigenvalue weighted by Gasteiger charge is 2.24. The van der Waals surface area contributed by atoms with E-state index in [9.17, 15) is 9.18 Å². The van der Waals surface area contributed by atoms with Gasteiger partial charge in [-0.2, -0.15) is 5.10 Å². The van der Waals surface area contributed by atoms with E-state index in [1.54, 1.807) is 23.0 Å². The minimum absolute atomic E-state index is 0.114. The van der Waals surface area contributed by atoms with E-state index >= 15 is 0 Å². The number of ether oxygens (including phenoxy) is 1. The number of nitrogens with one attached hydrogen (secondary N) is 1. The van der Waals surface area contributed by atoms with Crippen molar-refractivity contribution in [2.45, 2.75) is 39.7 Å². The van der Waals surface area contributed by atoms with Gasteiger partial charge in [-0.25, -0.2) is 9.07 Å². The van der Waals surface area contributed by atoms with Crippen LogP contribution in [0.3, 0.4) is 0 Å². The van der Waals surface area contributed by atoms with Crippen molar-refractivity contribution in [3.63, 3.8) is 0 Å². The van der Waals surface area contributed by atoms with Crippen LogP contribution >= 0.6 is 0 Å².